The van der Waals surface area contributed by atoms with Crippen molar-refractivity contribution in [3.05, 3.63) is 69.7 Å². The molecule has 0 bridgehead atoms. The molecule has 3 amide bonds. The number of amides is 3. The molecule has 4 rings (SSSR count). The minimum atomic E-state index is -1.15. The molecule has 2 heterocycles. The SMILES string of the molecule is CC1CC(=O)N(C2CN(C(c3ccc(Cl)cc3)c3ccc(Cl)cc3)CCN2C(=O)O)C1=O. The number of carboxylic acid groups (broad SMARTS) is 1. The molecule has 2 aromatic carbocycles. The van der Waals surface area contributed by atoms with Gasteiger partial charge in [-0.3, -0.25) is 24.3 Å². The van der Waals surface area contributed by atoms with Gasteiger partial charge in [0.2, 0.25) is 11.8 Å². The molecule has 2 atom stereocenters. The Hall–Kier alpha value is -2.61. The predicted octanol–water partition coefficient (Wildman–Crippen LogP) is 4.10. The Labute approximate surface area is 196 Å². The molecule has 0 aromatic heterocycles. The van der Waals surface area contributed by atoms with Gasteiger partial charge in [-0.15, -0.1) is 0 Å². The van der Waals surface area contributed by atoms with Crippen LogP contribution in [0.5, 0.6) is 0 Å². The van der Waals surface area contributed by atoms with Crippen LogP contribution in [-0.2, 0) is 9.59 Å². The zero-order valence-electron chi connectivity index (χ0n) is 17.4. The summed E-state index contributed by atoms with van der Waals surface area (Å²) in [4.78, 5) is 41.7. The maximum atomic E-state index is 12.7. The van der Waals surface area contributed by atoms with Crippen LogP contribution in [-0.4, -0.2) is 63.5 Å². The summed E-state index contributed by atoms with van der Waals surface area (Å²) in [6.45, 7) is 2.50. The molecule has 168 valence electrons. The molecule has 2 saturated heterocycles. The second kappa shape index (κ2) is 9.10. The maximum Gasteiger partial charge on any atom is 0.409 e. The molecule has 0 spiro atoms. The van der Waals surface area contributed by atoms with Crippen molar-refractivity contribution in [1.82, 2.24) is 14.7 Å². The first-order valence-electron chi connectivity index (χ1n) is 10.4. The Balaban J connectivity index is 1.72. The molecular weight excluding hydrogens is 453 g/mol. The summed E-state index contributed by atoms with van der Waals surface area (Å²) in [7, 11) is 0. The Morgan fingerprint density at radius 1 is 0.969 bits per heavy atom. The van der Waals surface area contributed by atoms with Crippen molar-refractivity contribution in [3.63, 3.8) is 0 Å². The number of hydrogen-bond acceptors (Lipinski definition) is 4. The largest absolute Gasteiger partial charge is 0.465 e. The lowest BCUT2D eigenvalue weighted by atomic mass is 9.96. The lowest BCUT2D eigenvalue weighted by molar-refractivity contribution is -0.148. The van der Waals surface area contributed by atoms with Crippen molar-refractivity contribution in [3.8, 4) is 0 Å². The lowest BCUT2D eigenvalue weighted by Gasteiger charge is -2.46. The molecule has 2 unspecified atom stereocenters. The topological polar surface area (TPSA) is 81.2 Å². The van der Waals surface area contributed by atoms with Gasteiger partial charge in [0.05, 0.1) is 6.04 Å². The Bertz CT molecular complexity index is 983. The fraction of sp³-hybridized carbons (Fsp3) is 0.348. The van der Waals surface area contributed by atoms with Gasteiger partial charge in [0.15, 0.2) is 0 Å². The van der Waals surface area contributed by atoms with E-state index in [4.69, 9.17) is 23.2 Å². The molecule has 7 nitrogen and oxygen atoms in total. The summed E-state index contributed by atoms with van der Waals surface area (Å²) in [6.07, 6.45) is -1.93. The van der Waals surface area contributed by atoms with Crippen LogP contribution in [0.4, 0.5) is 4.79 Å². The van der Waals surface area contributed by atoms with Gasteiger partial charge in [0, 0.05) is 42.0 Å². The third-order valence-corrected chi connectivity index (χ3v) is 6.58. The van der Waals surface area contributed by atoms with E-state index >= 15 is 0 Å². The summed E-state index contributed by atoms with van der Waals surface area (Å²) >= 11 is 12.2. The van der Waals surface area contributed by atoms with Crippen LogP contribution in [0, 0.1) is 5.92 Å². The van der Waals surface area contributed by atoms with Crippen LogP contribution in [0.25, 0.3) is 0 Å². The molecule has 1 N–H and O–H groups in total. The Kier molecular flexibility index (Phi) is 6.42. The van der Waals surface area contributed by atoms with E-state index in [2.05, 4.69) is 4.90 Å². The highest BCUT2D eigenvalue weighted by atomic mass is 35.5. The summed E-state index contributed by atoms with van der Waals surface area (Å²) in [6, 6.07) is 14.7. The smallest absolute Gasteiger partial charge is 0.409 e. The van der Waals surface area contributed by atoms with E-state index in [-0.39, 0.29) is 37.4 Å². The average molecular weight is 476 g/mol. The predicted molar refractivity (Wildman–Crippen MR) is 120 cm³/mol. The normalized spacial score (nSPS) is 22.1. The van der Waals surface area contributed by atoms with E-state index in [1.54, 1.807) is 31.2 Å². The minimum absolute atomic E-state index is 0.0978. The number of halogens is 2. The first-order valence-corrected chi connectivity index (χ1v) is 11.1. The summed E-state index contributed by atoms with van der Waals surface area (Å²) in [5.41, 5.74) is 1.93. The van der Waals surface area contributed by atoms with Crippen molar-refractivity contribution >= 4 is 41.1 Å². The van der Waals surface area contributed by atoms with Crippen LogP contribution in [0.3, 0.4) is 0 Å². The zero-order chi connectivity index (χ0) is 23.0. The standard InChI is InChI=1S/C23H23Cl2N3O4/c1-14-12-20(29)28(22(14)30)19-13-26(10-11-27(19)23(31)32)21(15-2-6-17(24)7-3-15)16-4-8-18(25)9-5-16/h2-9,14,19,21H,10-13H2,1H3,(H,31,32). The molecule has 9 heteroatoms. The third kappa shape index (κ3) is 4.33. The second-order valence-corrected chi connectivity index (χ2v) is 9.04. The molecule has 2 aliphatic rings. The number of nitrogens with zero attached hydrogens (tertiary/aromatic N) is 3. The van der Waals surface area contributed by atoms with Gasteiger partial charge < -0.3 is 5.11 Å². The number of piperazine rings is 1. The van der Waals surface area contributed by atoms with Gasteiger partial charge in [-0.2, -0.15) is 0 Å². The Morgan fingerprint density at radius 3 is 1.94 bits per heavy atom. The van der Waals surface area contributed by atoms with Crippen molar-refractivity contribution in [2.45, 2.75) is 25.6 Å². The number of benzene rings is 2. The highest BCUT2D eigenvalue weighted by Crippen LogP contribution is 2.34. The number of imide groups is 1. The number of hydrogen-bond donors (Lipinski definition) is 1. The van der Waals surface area contributed by atoms with E-state index in [9.17, 15) is 19.5 Å². The number of likely N-dealkylation sites (tertiary alicyclic amines) is 1. The van der Waals surface area contributed by atoms with Gasteiger partial charge in [-0.1, -0.05) is 54.4 Å². The van der Waals surface area contributed by atoms with Gasteiger partial charge in [-0.05, 0) is 35.4 Å². The summed E-state index contributed by atoms with van der Waals surface area (Å²) in [5.74, 6) is -1.12. The first-order chi connectivity index (χ1) is 15.3. The van der Waals surface area contributed by atoms with Gasteiger partial charge in [0.1, 0.15) is 6.17 Å². The zero-order valence-corrected chi connectivity index (χ0v) is 19.0. The van der Waals surface area contributed by atoms with E-state index in [1.807, 2.05) is 24.3 Å². The van der Waals surface area contributed by atoms with Gasteiger partial charge in [0.25, 0.3) is 0 Å². The average Bonchev–Trinajstić information content (AvgIpc) is 3.02. The van der Waals surface area contributed by atoms with Crippen molar-refractivity contribution in [1.29, 1.82) is 0 Å². The molecule has 2 fully saturated rings. The molecule has 0 aliphatic carbocycles. The molecule has 2 aliphatic heterocycles. The first kappa shape index (κ1) is 22.6. The number of rotatable bonds is 4. The fourth-order valence-electron chi connectivity index (χ4n) is 4.49. The molecule has 0 radical (unpaired) electrons. The van der Waals surface area contributed by atoms with Gasteiger partial charge >= 0.3 is 6.09 Å². The summed E-state index contributed by atoms with van der Waals surface area (Å²) in [5, 5.41) is 11.0. The van der Waals surface area contributed by atoms with E-state index < -0.39 is 18.2 Å². The minimum Gasteiger partial charge on any atom is -0.465 e. The highest BCUT2D eigenvalue weighted by molar-refractivity contribution is 6.30. The highest BCUT2D eigenvalue weighted by Gasteiger charge is 2.46. The van der Waals surface area contributed by atoms with Crippen molar-refractivity contribution in [2.24, 2.45) is 5.92 Å². The van der Waals surface area contributed by atoms with Crippen LogP contribution in [0.1, 0.15) is 30.5 Å². The molecule has 0 saturated carbocycles. The van der Waals surface area contributed by atoms with Crippen LogP contribution in [0.15, 0.2) is 48.5 Å². The second-order valence-electron chi connectivity index (χ2n) is 8.16. The van der Waals surface area contributed by atoms with Crippen LogP contribution in [0.2, 0.25) is 10.0 Å². The molecular formula is C23H23Cl2N3O4. The maximum absolute atomic E-state index is 12.7. The molecule has 32 heavy (non-hydrogen) atoms. The van der Waals surface area contributed by atoms with Crippen LogP contribution < -0.4 is 0 Å². The quantitative estimate of drug-likeness (QED) is 0.673. The lowest BCUT2D eigenvalue weighted by Crippen LogP contribution is -2.63. The monoisotopic (exact) mass is 475 g/mol. The van der Waals surface area contributed by atoms with E-state index in [0.717, 1.165) is 16.0 Å². The summed E-state index contributed by atoms with van der Waals surface area (Å²) < 4.78 is 0. The van der Waals surface area contributed by atoms with Crippen molar-refractivity contribution in [2.75, 3.05) is 19.6 Å². The number of carbonyl (C=O) groups excluding carboxylic acids is 2. The third-order valence-electron chi connectivity index (χ3n) is 6.07. The fourth-order valence-corrected chi connectivity index (χ4v) is 4.74. The van der Waals surface area contributed by atoms with E-state index in [0.29, 0.717) is 16.6 Å². The molecule has 2 aromatic rings. The Morgan fingerprint density at radius 2 is 1.50 bits per heavy atom. The number of carbonyl (C=O) groups is 3. The van der Waals surface area contributed by atoms with E-state index in [1.165, 1.54) is 4.90 Å². The van der Waals surface area contributed by atoms with Gasteiger partial charge in [-0.25, -0.2) is 4.79 Å². The van der Waals surface area contributed by atoms with Crippen LogP contribution >= 0.6 is 23.2 Å². The van der Waals surface area contributed by atoms with Crippen molar-refractivity contribution < 1.29 is 19.5 Å².